The van der Waals surface area contributed by atoms with Crippen LogP contribution in [0.3, 0.4) is 0 Å². The Morgan fingerprint density at radius 1 is 1.29 bits per heavy atom. The van der Waals surface area contributed by atoms with Crippen molar-refractivity contribution in [2.45, 2.75) is 31.3 Å². The van der Waals surface area contributed by atoms with E-state index in [9.17, 15) is 9.59 Å². The molecule has 3 rings (SSSR count). The molecule has 3 N–H and O–H groups in total. The molecule has 17 heavy (non-hydrogen) atoms. The molecule has 2 fully saturated rings. The van der Waals surface area contributed by atoms with E-state index in [2.05, 4.69) is 25.4 Å². The second kappa shape index (κ2) is 3.99. The minimum Gasteiger partial charge on any atom is -0.360 e. The predicted octanol–water partition coefficient (Wildman–Crippen LogP) is -0.893. The molecule has 0 aromatic carbocycles. The molecule has 7 heteroatoms. The van der Waals surface area contributed by atoms with Crippen LogP contribution in [-0.4, -0.2) is 45.3 Å². The minimum absolute atomic E-state index is 0.201. The molecule has 1 saturated heterocycles. The Bertz CT molecular complexity index is 518. The number of nitrogens with zero attached hydrogens (tertiary/aromatic N) is 2. The van der Waals surface area contributed by atoms with Crippen molar-refractivity contribution in [3.63, 3.8) is 0 Å². The molecule has 1 atom stereocenters. The number of aromatic amines is 2. The van der Waals surface area contributed by atoms with Gasteiger partial charge in [0.15, 0.2) is 0 Å². The van der Waals surface area contributed by atoms with Gasteiger partial charge in [0.05, 0.1) is 0 Å². The van der Waals surface area contributed by atoms with E-state index in [1.165, 1.54) is 12.8 Å². The molecule has 1 unspecified atom stereocenters. The van der Waals surface area contributed by atoms with Gasteiger partial charge in [0, 0.05) is 25.2 Å². The van der Waals surface area contributed by atoms with E-state index >= 15 is 0 Å². The minimum atomic E-state index is -0.577. The van der Waals surface area contributed by atoms with Crippen molar-refractivity contribution in [1.82, 2.24) is 20.1 Å². The molecule has 1 aromatic rings. The van der Waals surface area contributed by atoms with Gasteiger partial charge >= 0.3 is 5.69 Å². The maximum atomic E-state index is 11.4. The summed E-state index contributed by atoms with van der Waals surface area (Å²) in [5.41, 5.74) is -1.04. The average Bonchev–Trinajstić information content (AvgIpc) is 3.04. The van der Waals surface area contributed by atoms with Crippen molar-refractivity contribution < 1.29 is 0 Å². The van der Waals surface area contributed by atoms with Crippen LogP contribution in [0.5, 0.6) is 0 Å². The summed E-state index contributed by atoms with van der Waals surface area (Å²) in [6.07, 6.45) is 3.60. The number of aromatic nitrogens is 3. The molecule has 2 heterocycles. The third-order valence-electron chi connectivity index (χ3n) is 3.34. The molecular weight excluding hydrogens is 222 g/mol. The lowest BCUT2D eigenvalue weighted by Crippen LogP contribution is -2.33. The third kappa shape index (κ3) is 2.23. The van der Waals surface area contributed by atoms with Crippen molar-refractivity contribution in [2.75, 3.05) is 18.4 Å². The fraction of sp³-hybridized carbons (Fsp3) is 0.700. The zero-order chi connectivity index (χ0) is 11.8. The fourth-order valence-electron chi connectivity index (χ4n) is 2.32. The van der Waals surface area contributed by atoms with Crippen LogP contribution in [0.4, 0.5) is 5.82 Å². The van der Waals surface area contributed by atoms with E-state index in [4.69, 9.17) is 0 Å². The molecule has 1 aliphatic heterocycles. The van der Waals surface area contributed by atoms with E-state index in [1.807, 2.05) is 0 Å². The van der Waals surface area contributed by atoms with Gasteiger partial charge in [-0.3, -0.25) is 14.7 Å². The third-order valence-corrected chi connectivity index (χ3v) is 3.34. The molecule has 0 spiro atoms. The van der Waals surface area contributed by atoms with Crippen LogP contribution in [0.25, 0.3) is 0 Å². The zero-order valence-corrected chi connectivity index (χ0v) is 9.40. The van der Waals surface area contributed by atoms with Gasteiger partial charge < -0.3 is 5.32 Å². The highest BCUT2D eigenvalue weighted by atomic mass is 16.2. The Morgan fingerprint density at radius 2 is 2.12 bits per heavy atom. The highest BCUT2D eigenvalue weighted by molar-refractivity contribution is 5.31. The van der Waals surface area contributed by atoms with Crippen molar-refractivity contribution in [1.29, 1.82) is 0 Å². The van der Waals surface area contributed by atoms with Gasteiger partial charge in [0.2, 0.25) is 5.82 Å². The Morgan fingerprint density at radius 3 is 2.82 bits per heavy atom. The first kappa shape index (κ1) is 10.5. The Labute approximate surface area is 97.2 Å². The molecule has 0 bridgehead atoms. The normalized spacial score (nSPS) is 25.1. The van der Waals surface area contributed by atoms with Crippen molar-refractivity contribution in [2.24, 2.45) is 0 Å². The van der Waals surface area contributed by atoms with Crippen LogP contribution in [0.2, 0.25) is 0 Å². The molecular formula is C10H15N5O2. The molecule has 0 radical (unpaired) electrons. The van der Waals surface area contributed by atoms with Gasteiger partial charge in [-0.2, -0.15) is 0 Å². The highest BCUT2D eigenvalue weighted by Crippen LogP contribution is 2.30. The summed E-state index contributed by atoms with van der Waals surface area (Å²) in [5, 5.41) is 9.02. The van der Waals surface area contributed by atoms with Crippen molar-refractivity contribution in [3.05, 3.63) is 20.8 Å². The number of rotatable bonds is 3. The quantitative estimate of drug-likeness (QED) is 0.634. The largest absolute Gasteiger partial charge is 0.360 e. The molecule has 92 valence electrons. The summed E-state index contributed by atoms with van der Waals surface area (Å²) >= 11 is 0. The maximum Gasteiger partial charge on any atom is 0.342 e. The van der Waals surface area contributed by atoms with E-state index in [0.717, 1.165) is 25.6 Å². The highest BCUT2D eigenvalue weighted by Gasteiger charge is 2.34. The van der Waals surface area contributed by atoms with Crippen LogP contribution >= 0.6 is 0 Å². The first-order valence-corrected chi connectivity index (χ1v) is 5.92. The number of hydrogen-bond acceptors (Lipinski definition) is 5. The topological polar surface area (TPSA) is 93.9 Å². The second-order valence-corrected chi connectivity index (χ2v) is 4.71. The van der Waals surface area contributed by atoms with Crippen molar-refractivity contribution >= 4 is 5.82 Å². The second-order valence-electron chi connectivity index (χ2n) is 4.71. The van der Waals surface area contributed by atoms with Gasteiger partial charge in [-0.1, -0.05) is 0 Å². The van der Waals surface area contributed by atoms with Gasteiger partial charge in [-0.25, -0.2) is 9.89 Å². The summed E-state index contributed by atoms with van der Waals surface area (Å²) in [7, 11) is 0. The van der Waals surface area contributed by atoms with Gasteiger partial charge in [-0.15, -0.1) is 5.10 Å². The Kier molecular flexibility index (Phi) is 2.47. The van der Waals surface area contributed by atoms with Crippen LogP contribution in [0, 0.1) is 0 Å². The number of likely N-dealkylation sites (tertiary alicyclic amines) is 1. The smallest absolute Gasteiger partial charge is 0.342 e. The molecule has 1 aromatic heterocycles. The summed E-state index contributed by atoms with van der Waals surface area (Å²) in [5.74, 6) is 0.201. The monoisotopic (exact) mass is 237 g/mol. The fourth-order valence-corrected chi connectivity index (χ4v) is 2.32. The lowest BCUT2D eigenvalue weighted by Gasteiger charge is -2.15. The molecule has 1 aliphatic carbocycles. The van der Waals surface area contributed by atoms with E-state index in [-0.39, 0.29) is 11.9 Å². The van der Waals surface area contributed by atoms with Crippen LogP contribution in [0.1, 0.15) is 19.3 Å². The van der Waals surface area contributed by atoms with Crippen LogP contribution < -0.4 is 16.6 Å². The zero-order valence-electron chi connectivity index (χ0n) is 9.40. The van der Waals surface area contributed by atoms with Crippen molar-refractivity contribution in [3.8, 4) is 0 Å². The van der Waals surface area contributed by atoms with Gasteiger partial charge in [-0.05, 0) is 19.3 Å². The molecule has 2 aliphatic rings. The van der Waals surface area contributed by atoms with Gasteiger partial charge in [0.25, 0.3) is 5.56 Å². The predicted molar refractivity (Wildman–Crippen MR) is 62.1 cm³/mol. The number of nitrogens with one attached hydrogen (secondary N) is 3. The lowest BCUT2D eigenvalue weighted by molar-refractivity contribution is 0.326. The Balaban J connectivity index is 1.67. The number of H-pyrrole nitrogens is 2. The average molecular weight is 237 g/mol. The lowest BCUT2D eigenvalue weighted by atomic mass is 10.3. The van der Waals surface area contributed by atoms with E-state index in [1.54, 1.807) is 0 Å². The summed E-state index contributed by atoms with van der Waals surface area (Å²) in [4.78, 5) is 26.9. The first-order chi connectivity index (χ1) is 8.22. The summed E-state index contributed by atoms with van der Waals surface area (Å²) in [6, 6.07) is 0.999. The molecule has 0 amide bonds. The van der Waals surface area contributed by atoms with Crippen LogP contribution in [0.15, 0.2) is 9.59 Å². The SMILES string of the molecule is O=c1[nH]nc(NC2CCN(C3CC3)C2)c(=O)[nH]1. The summed E-state index contributed by atoms with van der Waals surface area (Å²) in [6.45, 7) is 2.02. The van der Waals surface area contributed by atoms with E-state index < -0.39 is 11.2 Å². The first-order valence-electron chi connectivity index (χ1n) is 5.92. The van der Waals surface area contributed by atoms with Gasteiger partial charge in [0.1, 0.15) is 0 Å². The summed E-state index contributed by atoms with van der Waals surface area (Å²) < 4.78 is 0. The standard InChI is InChI=1S/C10H15N5O2/c16-9-8(13-14-10(17)12-9)11-6-3-4-15(5-6)7-1-2-7/h6-7H,1-5H2,(H,11,13)(H2,12,14,16,17). The maximum absolute atomic E-state index is 11.4. The Hall–Kier alpha value is -1.63. The molecule has 7 nitrogen and oxygen atoms in total. The number of hydrogen-bond donors (Lipinski definition) is 3. The molecule has 1 saturated carbocycles. The number of anilines is 1. The van der Waals surface area contributed by atoms with E-state index in [0.29, 0.717) is 0 Å². The van der Waals surface area contributed by atoms with Crippen LogP contribution in [-0.2, 0) is 0 Å².